The maximum Gasteiger partial charge on any atom is 0.145 e. The highest BCUT2D eigenvalue weighted by molar-refractivity contribution is 7.85. The molecule has 0 aliphatic rings. The standard InChI is InChI=1S/C16H24FNO3S/c1-7-8-12(18-22(19)16(2,3)4)15-13(20-5)9-11(17)10-14(15)21-6/h9-10H,7-8H2,1-6H3. The van der Waals surface area contributed by atoms with Crippen LogP contribution in [0, 0.1) is 5.82 Å². The van der Waals surface area contributed by atoms with E-state index in [0.717, 1.165) is 6.42 Å². The first-order valence-electron chi connectivity index (χ1n) is 7.16. The molecule has 124 valence electrons. The van der Waals surface area contributed by atoms with Gasteiger partial charge in [0, 0.05) is 12.1 Å². The van der Waals surface area contributed by atoms with Gasteiger partial charge in [0.1, 0.15) is 28.3 Å². The quantitative estimate of drug-likeness (QED) is 0.744. The van der Waals surface area contributed by atoms with Crippen LogP contribution in [0.15, 0.2) is 16.5 Å². The fourth-order valence-corrected chi connectivity index (χ4v) is 2.51. The number of ether oxygens (including phenoxy) is 2. The molecule has 1 aromatic carbocycles. The first-order chi connectivity index (χ1) is 10.2. The van der Waals surface area contributed by atoms with Crippen molar-refractivity contribution in [2.24, 2.45) is 4.40 Å². The van der Waals surface area contributed by atoms with Crippen LogP contribution in [0.2, 0.25) is 0 Å². The van der Waals surface area contributed by atoms with E-state index in [1.54, 1.807) is 0 Å². The van der Waals surface area contributed by atoms with Gasteiger partial charge in [-0.05, 0) is 27.2 Å². The van der Waals surface area contributed by atoms with Crippen LogP contribution >= 0.6 is 0 Å². The summed E-state index contributed by atoms with van der Waals surface area (Å²) in [7, 11) is 1.51. The first kappa shape index (κ1) is 18.6. The zero-order valence-electron chi connectivity index (χ0n) is 14.0. The van der Waals surface area contributed by atoms with Crippen molar-refractivity contribution in [2.45, 2.75) is 45.3 Å². The van der Waals surface area contributed by atoms with Crippen LogP contribution in [-0.4, -0.2) is 28.9 Å². The Morgan fingerprint density at radius 1 is 1.23 bits per heavy atom. The van der Waals surface area contributed by atoms with Gasteiger partial charge in [0.2, 0.25) is 0 Å². The van der Waals surface area contributed by atoms with Gasteiger partial charge >= 0.3 is 0 Å². The Labute approximate surface area is 134 Å². The second kappa shape index (κ2) is 7.72. The topological polar surface area (TPSA) is 47.9 Å². The van der Waals surface area contributed by atoms with E-state index in [9.17, 15) is 8.60 Å². The molecule has 1 unspecified atom stereocenters. The summed E-state index contributed by atoms with van der Waals surface area (Å²) in [4.78, 5) is 0. The van der Waals surface area contributed by atoms with Crippen LogP contribution in [0.4, 0.5) is 4.39 Å². The van der Waals surface area contributed by atoms with E-state index < -0.39 is 21.5 Å². The summed E-state index contributed by atoms with van der Waals surface area (Å²) in [6, 6.07) is 2.56. The molecule has 0 bridgehead atoms. The summed E-state index contributed by atoms with van der Waals surface area (Å²) in [6.45, 7) is 7.57. The predicted molar refractivity (Wildman–Crippen MR) is 88.8 cm³/mol. The molecule has 22 heavy (non-hydrogen) atoms. The lowest BCUT2D eigenvalue weighted by Gasteiger charge is -2.18. The van der Waals surface area contributed by atoms with Gasteiger partial charge in [0.25, 0.3) is 0 Å². The molecule has 0 saturated heterocycles. The number of methoxy groups -OCH3 is 2. The highest BCUT2D eigenvalue weighted by atomic mass is 32.2. The van der Waals surface area contributed by atoms with E-state index in [1.165, 1.54) is 26.4 Å². The normalized spacial score (nSPS) is 13.9. The molecule has 0 radical (unpaired) electrons. The van der Waals surface area contributed by atoms with Crippen molar-refractivity contribution in [2.75, 3.05) is 14.2 Å². The van der Waals surface area contributed by atoms with Crippen LogP contribution < -0.4 is 9.47 Å². The van der Waals surface area contributed by atoms with Crippen LogP contribution in [-0.2, 0) is 11.0 Å². The largest absolute Gasteiger partial charge is 0.496 e. The smallest absolute Gasteiger partial charge is 0.145 e. The Morgan fingerprint density at radius 2 is 1.73 bits per heavy atom. The molecule has 1 rings (SSSR count). The van der Waals surface area contributed by atoms with Crippen molar-refractivity contribution in [3.05, 3.63) is 23.5 Å². The van der Waals surface area contributed by atoms with E-state index in [-0.39, 0.29) is 0 Å². The zero-order valence-corrected chi connectivity index (χ0v) is 14.8. The Balaban J connectivity index is 3.50. The minimum absolute atomic E-state index is 0.329. The van der Waals surface area contributed by atoms with Crippen LogP contribution in [0.3, 0.4) is 0 Å². The van der Waals surface area contributed by atoms with Crippen molar-refractivity contribution in [1.82, 2.24) is 0 Å². The lowest BCUT2D eigenvalue weighted by atomic mass is 10.0. The van der Waals surface area contributed by atoms with Gasteiger partial charge < -0.3 is 9.47 Å². The number of hydrogen-bond acceptors (Lipinski definition) is 3. The van der Waals surface area contributed by atoms with E-state index in [1.807, 2.05) is 27.7 Å². The second-order valence-electron chi connectivity index (χ2n) is 5.83. The fraction of sp³-hybridized carbons (Fsp3) is 0.562. The Kier molecular flexibility index (Phi) is 6.53. The molecule has 0 amide bonds. The van der Waals surface area contributed by atoms with Crippen molar-refractivity contribution >= 4 is 16.7 Å². The predicted octanol–water partition coefficient (Wildman–Crippen LogP) is 3.89. The van der Waals surface area contributed by atoms with Gasteiger partial charge in [-0.2, -0.15) is 4.40 Å². The van der Waals surface area contributed by atoms with Gasteiger partial charge in [-0.1, -0.05) is 13.3 Å². The highest BCUT2D eigenvalue weighted by Crippen LogP contribution is 2.32. The lowest BCUT2D eigenvalue weighted by molar-refractivity contribution is 0.387. The van der Waals surface area contributed by atoms with Crippen molar-refractivity contribution in [3.63, 3.8) is 0 Å². The molecule has 0 saturated carbocycles. The van der Waals surface area contributed by atoms with Crippen LogP contribution in [0.5, 0.6) is 11.5 Å². The summed E-state index contributed by atoms with van der Waals surface area (Å²) < 4.78 is 40.4. The number of nitrogens with zero attached hydrogens (tertiary/aromatic N) is 1. The van der Waals surface area contributed by atoms with E-state index in [2.05, 4.69) is 4.40 Å². The Bertz CT molecular complexity index is 554. The average Bonchev–Trinajstić information content (AvgIpc) is 2.44. The fourth-order valence-electron chi connectivity index (χ4n) is 1.85. The summed E-state index contributed by atoms with van der Waals surface area (Å²) in [6.07, 6.45) is 1.41. The number of halogens is 1. The van der Waals surface area contributed by atoms with E-state index >= 15 is 0 Å². The molecule has 0 heterocycles. The minimum atomic E-state index is -1.41. The molecular formula is C16H24FNO3S. The molecule has 1 aromatic rings. The first-order valence-corrected chi connectivity index (χ1v) is 8.26. The molecule has 0 fully saturated rings. The Hall–Kier alpha value is -1.43. The molecule has 0 aromatic heterocycles. The minimum Gasteiger partial charge on any atom is -0.496 e. The molecule has 0 N–H and O–H groups in total. The zero-order chi connectivity index (χ0) is 16.9. The third-order valence-corrected chi connectivity index (χ3v) is 4.40. The van der Waals surface area contributed by atoms with Gasteiger partial charge in [-0.15, -0.1) is 0 Å². The second-order valence-corrected chi connectivity index (χ2v) is 7.74. The van der Waals surface area contributed by atoms with Gasteiger partial charge in [-0.25, -0.2) is 8.60 Å². The number of benzene rings is 1. The Morgan fingerprint density at radius 3 is 2.09 bits per heavy atom. The summed E-state index contributed by atoms with van der Waals surface area (Å²) in [5.74, 6) is 0.204. The molecule has 6 heteroatoms. The van der Waals surface area contributed by atoms with E-state index in [0.29, 0.717) is 29.2 Å². The van der Waals surface area contributed by atoms with E-state index in [4.69, 9.17) is 9.47 Å². The highest BCUT2D eigenvalue weighted by Gasteiger charge is 2.23. The molecular weight excluding hydrogens is 305 g/mol. The number of hydrogen-bond donors (Lipinski definition) is 0. The third-order valence-electron chi connectivity index (χ3n) is 2.96. The van der Waals surface area contributed by atoms with Gasteiger partial charge in [0.15, 0.2) is 0 Å². The van der Waals surface area contributed by atoms with Crippen molar-refractivity contribution in [3.8, 4) is 11.5 Å². The maximum absolute atomic E-state index is 13.6. The van der Waals surface area contributed by atoms with Crippen LogP contribution in [0.1, 0.15) is 46.1 Å². The third kappa shape index (κ3) is 4.53. The van der Waals surface area contributed by atoms with Gasteiger partial charge in [-0.3, -0.25) is 0 Å². The molecule has 1 atom stereocenters. The molecule has 0 spiro atoms. The SMILES string of the molecule is CCCC(=NS(=O)C(C)(C)C)c1c(OC)cc(F)cc1OC. The van der Waals surface area contributed by atoms with Gasteiger partial charge in [0.05, 0.1) is 30.2 Å². The van der Waals surface area contributed by atoms with Crippen molar-refractivity contribution < 1.29 is 18.1 Å². The maximum atomic E-state index is 13.6. The molecule has 4 nitrogen and oxygen atoms in total. The summed E-state index contributed by atoms with van der Waals surface area (Å²) >= 11 is 0. The average molecular weight is 329 g/mol. The number of rotatable bonds is 6. The monoisotopic (exact) mass is 329 g/mol. The van der Waals surface area contributed by atoms with Crippen LogP contribution in [0.25, 0.3) is 0 Å². The molecule has 0 aliphatic carbocycles. The lowest BCUT2D eigenvalue weighted by Crippen LogP contribution is -2.21. The summed E-state index contributed by atoms with van der Waals surface area (Å²) in [5.41, 5.74) is 1.16. The summed E-state index contributed by atoms with van der Waals surface area (Å²) in [5, 5.41) is 0. The molecule has 0 aliphatic heterocycles. The van der Waals surface area contributed by atoms with Crippen molar-refractivity contribution in [1.29, 1.82) is 0 Å².